The normalized spacial score (nSPS) is 10.8. The smallest absolute Gasteiger partial charge is 0.203 e. The van der Waals surface area contributed by atoms with Gasteiger partial charge in [0.15, 0.2) is 0 Å². The first-order valence-corrected chi connectivity index (χ1v) is 8.24. The minimum atomic E-state index is 0.627. The van der Waals surface area contributed by atoms with Crippen LogP contribution in [0.2, 0.25) is 5.02 Å². The molecule has 0 unspecified atom stereocenters. The largest absolute Gasteiger partial charge is 0.383 e. The van der Waals surface area contributed by atoms with Crippen molar-refractivity contribution < 1.29 is 4.74 Å². The van der Waals surface area contributed by atoms with Crippen molar-refractivity contribution in [2.24, 2.45) is 0 Å². The number of anilines is 1. The number of aromatic nitrogens is 2. The van der Waals surface area contributed by atoms with Crippen LogP contribution in [-0.2, 0) is 17.8 Å². The Bertz CT molecular complexity index is 786. The summed E-state index contributed by atoms with van der Waals surface area (Å²) in [6, 6.07) is 18.1. The maximum Gasteiger partial charge on any atom is 0.203 e. The number of ether oxygens (including phenoxy) is 1. The van der Waals surface area contributed by atoms with E-state index in [9.17, 15) is 0 Å². The van der Waals surface area contributed by atoms with Gasteiger partial charge in [-0.15, -0.1) is 0 Å². The van der Waals surface area contributed by atoms with Gasteiger partial charge in [0.25, 0.3) is 0 Å². The second-order valence-corrected chi connectivity index (χ2v) is 5.90. The van der Waals surface area contributed by atoms with Crippen LogP contribution in [-0.4, -0.2) is 23.3 Å². The van der Waals surface area contributed by atoms with Crippen molar-refractivity contribution in [3.8, 4) is 11.3 Å². The van der Waals surface area contributed by atoms with Crippen LogP contribution in [0.1, 0.15) is 5.56 Å². The summed E-state index contributed by atoms with van der Waals surface area (Å²) in [4.78, 5) is 4.55. The summed E-state index contributed by atoms with van der Waals surface area (Å²) in [5.74, 6) is 0.825. The second kappa shape index (κ2) is 7.99. The average Bonchev–Trinajstić information content (AvgIpc) is 3.02. The van der Waals surface area contributed by atoms with Crippen LogP contribution in [0.3, 0.4) is 0 Å². The Labute approximate surface area is 147 Å². The summed E-state index contributed by atoms with van der Waals surface area (Å²) in [5.41, 5.74) is 3.32. The Kier molecular flexibility index (Phi) is 5.51. The molecule has 0 aliphatic heterocycles. The molecule has 24 heavy (non-hydrogen) atoms. The molecule has 3 rings (SSSR count). The van der Waals surface area contributed by atoms with Crippen molar-refractivity contribution >= 4 is 17.5 Å². The van der Waals surface area contributed by atoms with Crippen molar-refractivity contribution in [3.63, 3.8) is 0 Å². The molecule has 0 bridgehead atoms. The van der Waals surface area contributed by atoms with Crippen LogP contribution in [0.25, 0.3) is 11.3 Å². The van der Waals surface area contributed by atoms with E-state index in [0.717, 1.165) is 34.3 Å². The van der Waals surface area contributed by atoms with E-state index in [1.807, 2.05) is 48.7 Å². The van der Waals surface area contributed by atoms with Crippen molar-refractivity contribution in [3.05, 3.63) is 71.4 Å². The average molecular weight is 342 g/mol. The highest BCUT2D eigenvalue weighted by Gasteiger charge is 2.11. The van der Waals surface area contributed by atoms with E-state index in [1.165, 1.54) is 0 Å². The van der Waals surface area contributed by atoms with Crippen molar-refractivity contribution in [2.75, 3.05) is 19.0 Å². The number of hydrogen-bond acceptors (Lipinski definition) is 3. The van der Waals surface area contributed by atoms with Crippen molar-refractivity contribution in [1.29, 1.82) is 0 Å². The molecule has 124 valence electrons. The molecular formula is C19H20ClN3O. The van der Waals surface area contributed by atoms with Crippen LogP contribution in [0.15, 0.2) is 60.8 Å². The van der Waals surface area contributed by atoms with Gasteiger partial charge in [-0.2, -0.15) is 0 Å². The number of hydrogen-bond donors (Lipinski definition) is 1. The molecule has 5 heteroatoms. The number of rotatable bonds is 7. The summed E-state index contributed by atoms with van der Waals surface area (Å²) < 4.78 is 7.39. The lowest BCUT2D eigenvalue weighted by Crippen LogP contribution is -2.11. The fourth-order valence-corrected chi connectivity index (χ4v) is 2.81. The van der Waals surface area contributed by atoms with Crippen LogP contribution in [0, 0.1) is 0 Å². The third kappa shape index (κ3) is 3.96. The zero-order valence-corrected chi connectivity index (χ0v) is 14.3. The number of imidazole rings is 1. The molecule has 0 radical (unpaired) electrons. The van der Waals surface area contributed by atoms with Gasteiger partial charge in [-0.05, 0) is 23.3 Å². The van der Waals surface area contributed by atoms with E-state index in [0.29, 0.717) is 13.2 Å². The van der Waals surface area contributed by atoms with E-state index in [2.05, 4.69) is 27.0 Å². The van der Waals surface area contributed by atoms with Crippen molar-refractivity contribution in [2.45, 2.75) is 13.1 Å². The molecule has 0 aliphatic rings. The Morgan fingerprint density at radius 2 is 1.96 bits per heavy atom. The van der Waals surface area contributed by atoms with E-state index in [4.69, 9.17) is 16.3 Å². The molecule has 0 fully saturated rings. The molecule has 0 saturated heterocycles. The number of benzene rings is 2. The fraction of sp³-hybridized carbons (Fsp3) is 0.211. The topological polar surface area (TPSA) is 39.1 Å². The summed E-state index contributed by atoms with van der Waals surface area (Å²) in [7, 11) is 1.71. The lowest BCUT2D eigenvalue weighted by molar-refractivity contribution is 0.188. The molecule has 1 heterocycles. The summed E-state index contributed by atoms with van der Waals surface area (Å²) in [6.45, 7) is 2.03. The predicted molar refractivity (Wildman–Crippen MR) is 98.3 cm³/mol. The molecule has 1 N–H and O–H groups in total. The van der Waals surface area contributed by atoms with Crippen LogP contribution in [0.4, 0.5) is 5.95 Å². The standard InChI is InChI=1S/C19H20ClN3O/c1-24-11-10-23-18(16-7-3-2-4-8-16)14-22-19(23)21-13-15-6-5-9-17(20)12-15/h2-9,12,14H,10-11,13H2,1H3,(H,21,22). The number of halogens is 1. The Hall–Kier alpha value is -2.30. The quantitative estimate of drug-likeness (QED) is 0.689. The van der Waals surface area contributed by atoms with Gasteiger partial charge in [0.05, 0.1) is 18.5 Å². The van der Waals surface area contributed by atoms with Gasteiger partial charge < -0.3 is 14.6 Å². The van der Waals surface area contributed by atoms with Gasteiger partial charge in [0.1, 0.15) is 0 Å². The third-order valence-corrected chi connectivity index (χ3v) is 4.02. The highest BCUT2D eigenvalue weighted by molar-refractivity contribution is 6.30. The maximum atomic E-state index is 6.05. The molecule has 1 aromatic heterocycles. The number of nitrogens with zero attached hydrogens (tertiary/aromatic N) is 2. The summed E-state index contributed by atoms with van der Waals surface area (Å²) in [5, 5.41) is 4.13. The highest BCUT2D eigenvalue weighted by Crippen LogP contribution is 2.23. The summed E-state index contributed by atoms with van der Waals surface area (Å²) in [6.07, 6.45) is 1.89. The van der Waals surface area contributed by atoms with Crippen LogP contribution in [0.5, 0.6) is 0 Å². The lowest BCUT2D eigenvalue weighted by Gasteiger charge is -2.13. The van der Waals surface area contributed by atoms with Gasteiger partial charge in [0, 0.05) is 25.2 Å². The fourth-order valence-electron chi connectivity index (χ4n) is 2.59. The van der Waals surface area contributed by atoms with Crippen molar-refractivity contribution in [1.82, 2.24) is 9.55 Å². The molecular weight excluding hydrogens is 322 g/mol. The number of methoxy groups -OCH3 is 1. The van der Waals surface area contributed by atoms with Crippen LogP contribution >= 0.6 is 11.6 Å². The van der Waals surface area contributed by atoms with Gasteiger partial charge in [-0.25, -0.2) is 4.98 Å². The predicted octanol–water partition coefficient (Wildman–Crippen LogP) is 4.46. The second-order valence-electron chi connectivity index (χ2n) is 5.46. The van der Waals surface area contributed by atoms with Crippen LogP contribution < -0.4 is 5.32 Å². The van der Waals surface area contributed by atoms with Gasteiger partial charge in [0.2, 0.25) is 5.95 Å². The molecule has 2 aromatic carbocycles. The van der Waals surface area contributed by atoms with E-state index >= 15 is 0 Å². The molecule has 0 atom stereocenters. The maximum absolute atomic E-state index is 6.05. The first-order valence-electron chi connectivity index (χ1n) is 7.86. The molecule has 0 aliphatic carbocycles. The highest BCUT2D eigenvalue weighted by atomic mass is 35.5. The number of nitrogens with one attached hydrogen (secondary N) is 1. The minimum absolute atomic E-state index is 0.627. The zero-order valence-electron chi connectivity index (χ0n) is 13.6. The van der Waals surface area contributed by atoms with Gasteiger partial charge in [-0.1, -0.05) is 54.1 Å². The lowest BCUT2D eigenvalue weighted by atomic mass is 10.2. The molecule has 0 spiro atoms. The SMILES string of the molecule is COCCn1c(-c2ccccc2)cnc1NCc1cccc(Cl)c1. The Morgan fingerprint density at radius 3 is 2.71 bits per heavy atom. The Morgan fingerprint density at radius 1 is 1.12 bits per heavy atom. The van der Waals surface area contributed by atoms with Gasteiger partial charge in [-0.3, -0.25) is 0 Å². The molecule has 0 saturated carbocycles. The minimum Gasteiger partial charge on any atom is -0.383 e. The zero-order chi connectivity index (χ0) is 16.8. The molecule has 3 aromatic rings. The van der Waals surface area contributed by atoms with E-state index in [1.54, 1.807) is 7.11 Å². The molecule has 0 amide bonds. The summed E-state index contributed by atoms with van der Waals surface area (Å²) >= 11 is 6.05. The monoisotopic (exact) mass is 341 g/mol. The first kappa shape index (κ1) is 16.6. The first-order chi connectivity index (χ1) is 11.8. The van der Waals surface area contributed by atoms with E-state index < -0.39 is 0 Å². The molecule has 4 nitrogen and oxygen atoms in total. The third-order valence-electron chi connectivity index (χ3n) is 3.78. The van der Waals surface area contributed by atoms with E-state index in [-0.39, 0.29) is 0 Å². The van der Waals surface area contributed by atoms with Gasteiger partial charge >= 0.3 is 0 Å². The Balaban J connectivity index is 1.83.